The second kappa shape index (κ2) is 7.01. The van der Waals surface area contributed by atoms with E-state index in [1.807, 2.05) is 13.0 Å². The van der Waals surface area contributed by atoms with Crippen molar-refractivity contribution >= 4 is 29.2 Å². The summed E-state index contributed by atoms with van der Waals surface area (Å²) < 4.78 is 5.37. The average Bonchev–Trinajstić information content (AvgIpc) is 2.31. The quantitative estimate of drug-likeness (QED) is 0.549. The zero-order valence-corrected chi connectivity index (χ0v) is 12.4. The van der Waals surface area contributed by atoms with E-state index in [2.05, 4.69) is 13.8 Å². The van der Waals surface area contributed by atoms with Crippen LogP contribution in [-0.4, -0.2) is 5.97 Å². The summed E-state index contributed by atoms with van der Waals surface area (Å²) in [6.07, 6.45) is 2.07. The average molecular weight is 289 g/mol. The summed E-state index contributed by atoms with van der Waals surface area (Å²) in [5.74, 6) is 0.436. The molecule has 0 aliphatic carbocycles. The number of carbonyl (C=O) groups excluding carboxylic acids is 1. The Morgan fingerprint density at radius 1 is 1.33 bits per heavy atom. The first-order valence-corrected chi connectivity index (χ1v) is 6.94. The van der Waals surface area contributed by atoms with Crippen LogP contribution in [0.4, 0.5) is 0 Å². The number of carbonyl (C=O) groups is 1. The Morgan fingerprint density at radius 3 is 2.56 bits per heavy atom. The maximum Gasteiger partial charge on any atom is 0.311 e. The molecule has 0 heterocycles. The van der Waals surface area contributed by atoms with Gasteiger partial charge in [-0.2, -0.15) is 0 Å². The molecule has 4 heteroatoms. The van der Waals surface area contributed by atoms with Gasteiger partial charge in [-0.25, -0.2) is 0 Å². The lowest BCUT2D eigenvalue weighted by atomic mass is 9.97. The summed E-state index contributed by atoms with van der Waals surface area (Å²) >= 11 is 12.1. The third-order valence-corrected chi connectivity index (χ3v) is 3.35. The van der Waals surface area contributed by atoms with Gasteiger partial charge < -0.3 is 4.74 Å². The molecule has 0 aromatic heterocycles. The Morgan fingerprint density at radius 2 is 2.00 bits per heavy atom. The van der Waals surface area contributed by atoms with Crippen LogP contribution in [0.2, 0.25) is 10.0 Å². The SMILES string of the molecule is CCCC(=O)Oc1c(Cl)cc(Cl)cc1C(C)CC. The van der Waals surface area contributed by atoms with E-state index in [-0.39, 0.29) is 11.9 Å². The fourth-order valence-electron chi connectivity index (χ4n) is 1.64. The Kier molecular flexibility index (Phi) is 5.97. The molecule has 18 heavy (non-hydrogen) atoms. The van der Waals surface area contributed by atoms with Crippen LogP contribution in [0.3, 0.4) is 0 Å². The lowest BCUT2D eigenvalue weighted by Gasteiger charge is -2.16. The Labute approximate surface area is 118 Å². The predicted octanol–water partition coefficient (Wildman–Crippen LogP) is 5.21. The van der Waals surface area contributed by atoms with Crippen LogP contribution < -0.4 is 4.74 Å². The minimum Gasteiger partial charge on any atom is -0.425 e. The number of halogens is 2. The molecule has 0 saturated carbocycles. The van der Waals surface area contributed by atoms with Gasteiger partial charge >= 0.3 is 5.97 Å². The van der Waals surface area contributed by atoms with E-state index < -0.39 is 0 Å². The second-order valence-corrected chi connectivity index (χ2v) is 5.18. The highest BCUT2D eigenvalue weighted by molar-refractivity contribution is 6.35. The van der Waals surface area contributed by atoms with Crippen molar-refractivity contribution in [2.45, 2.75) is 46.0 Å². The van der Waals surface area contributed by atoms with Crippen LogP contribution in [0.15, 0.2) is 12.1 Å². The third kappa shape index (κ3) is 3.89. The van der Waals surface area contributed by atoms with Crippen molar-refractivity contribution in [2.24, 2.45) is 0 Å². The van der Waals surface area contributed by atoms with E-state index in [9.17, 15) is 4.79 Å². The van der Waals surface area contributed by atoms with Crippen LogP contribution in [0.25, 0.3) is 0 Å². The Bertz CT molecular complexity index is 430. The van der Waals surface area contributed by atoms with Gasteiger partial charge in [-0.3, -0.25) is 4.79 Å². The first kappa shape index (κ1) is 15.3. The molecule has 0 bridgehead atoms. The van der Waals surface area contributed by atoms with Crippen LogP contribution in [0.5, 0.6) is 5.75 Å². The molecule has 0 aliphatic heterocycles. The highest BCUT2D eigenvalue weighted by Crippen LogP contribution is 2.38. The van der Waals surface area contributed by atoms with Gasteiger partial charge in [0.15, 0.2) is 5.75 Å². The van der Waals surface area contributed by atoms with E-state index in [1.54, 1.807) is 6.07 Å². The number of rotatable bonds is 5. The van der Waals surface area contributed by atoms with Crippen molar-refractivity contribution in [3.63, 3.8) is 0 Å². The van der Waals surface area contributed by atoms with E-state index in [0.29, 0.717) is 22.2 Å². The van der Waals surface area contributed by atoms with Gasteiger partial charge in [0.2, 0.25) is 0 Å². The lowest BCUT2D eigenvalue weighted by molar-refractivity contribution is -0.134. The summed E-state index contributed by atoms with van der Waals surface area (Å²) in [5, 5.41) is 0.952. The second-order valence-electron chi connectivity index (χ2n) is 4.34. The Balaban J connectivity index is 3.11. The molecule has 1 atom stereocenters. The van der Waals surface area contributed by atoms with Crippen LogP contribution in [-0.2, 0) is 4.79 Å². The largest absolute Gasteiger partial charge is 0.425 e. The van der Waals surface area contributed by atoms with E-state index in [4.69, 9.17) is 27.9 Å². The summed E-state index contributed by atoms with van der Waals surface area (Å²) in [6.45, 7) is 6.05. The highest BCUT2D eigenvalue weighted by Gasteiger charge is 2.17. The van der Waals surface area contributed by atoms with E-state index in [1.165, 1.54) is 0 Å². The third-order valence-electron chi connectivity index (χ3n) is 2.85. The molecule has 1 aromatic carbocycles. The molecule has 0 radical (unpaired) electrons. The molecule has 1 unspecified atom stereocenters. The predicted molar refractivity (Wildman–Crippen MR) is 75.7 cm³/mol. The topological polar surface area (TPSA) is 26.3 Å². The maximum atomic E-state index is 11.6. The van der Waals surface area contributed by atoms with Crippen molar-refractivity contribution in [1.29, 1.82) is 0 Å². The Hall–Kier alpha value is -0.730. The molecule has 0 fully saturated rings. The van der Waals surface area contributed by atoms with Crippen molar-refractivity contribution in [3.8, 4) is 5.75 Å². The molecular formula is C14H18Cl2O2. The minimum atomic E-state index is -0.258. The lowest BCUT2D eigenvalue weighted by Crippen LogP contribution is -2.10. The fourth-order valence-corrected chi connectivity index (χ4v) is 2.19. The van der Waals surface area contributed by atoms with Crippen LogP contribution >= 0.6 is 23.2 Å². The zero-order valence-electron chi connectivity index (χ0n) is 10.9. The number of esters is 1. The van der Waals surface area contributed by atoms with Crippen molar-refractivity contribution in [2.75, 3.05) is 0 Å². The first-order chi connectivity index (χ1) is 8.49. The molecular weight excluding hydrogens is 271 g/mol. The van der Waals surface area contributed by atoms with E-state index in [0.717, 1.165) is 18.4 Å². The molecule has 0 N–H and O–H groups in total. The van der Waals surface area contributed by atoms with Gasteiger partial charge in [0, 0.05) is 17.0 Å². The molecule has 0 aliphatic rings. The van der Waals surface area contributed by atoms with Gasteiger partial charge in [0.05, 0.1) is 5.02 Å². The highest BCUT2D eigenvalue weighted by atomic mass is 35.5. The van der Waals surface area contributed by atoms with Crippen molar-refractivity contribution in [3.05, 3.63) is 27.7 Å². The number of hydrogen-bond acceptors (Lipinski definition) is 2. The van der Waals surface area contributed by atoms with Crippen molar-refractivity contribution < 1.29 is 9.53 Å². The van der Waals surface area contributed by atoms with Gasteiger partial charge in [0.1, 0.15) is 0 Å². The van der Waals surface area contributed by atoms with E-state index >= 15 is 0 Å². The fraction of sp³-hybridized carbons (Fsp3) is 0.500. The summed E-state index contributed by atoms with van der Waals surface area (Å²) in [5.41, 5.74) is 0.888. The van der Waals surface area contributed by atoms with Crippen LogP contribution in [0, 0.1) is 0 Å². The van der Waals surface area contributed by atoms with Crippen molar-refractivity contribution in [1.82, 2.24) is 0 Å². The van der Waals surface area contributed by atoms with Gasteiger partial charge in [0.25, 0.3) is 0 Å². The number of benzene rings is 1. The number of ether oxygens (including phenoxy) is 1. The molecule has 1 rings (SSSR count). The minimum absolute atomic E-state index is 0.241. The number of hydrogen-bond donors (Lipinski definition) is 0. The monoisotopic (exact) mass is 288 g/mol. The van der Waals surface area contributed by atoms with Gasteiger partial charge in [-0.05, 0) is 30.9 Å². The van der Waals surface area contributed by atoms with Gasteiger partial charge in [-0.1, -0.05) is 44.0 Å². The molecule has 100 valence electrons. The molecule has 0 spiro atoms. The summed E-state index contributed by atoms with van der Waals surface area (Å²) in [6, 6.07) is 3.42. The van der Waals surface area contributed by atoms with Gasteiger partial charge in [-0.15, -0.1) is 0 Å². The van der Waals surface area contributed by atoms with Crippen LogP contribution in [0.1, 0.15) is 51.5 Å². The maximum absolute atomic E-state index is 11.6. The standard InChI is InChI=1S/C14H18Cl2O2/c1-4-6-13(17)18-14-11(9(3)5-2)7-10(15)8-12(14)16/h7-9H,4-6H2,1-3H3. The molecule has 0 saturated heterocycles. The first-order valence-electron chi connectivity index (χ1n) is 6.19. The summed E-state index contributed by atoms with van der Waals surface area (Å²) in [4.78, 5) is 11.6. The smallest absolute Gasteiger partial charge is 0.311 e. The zero-order chi connectivity index (χ0) is 13.7. The summed E-state index contributed by atoms with van der Waals surface area (Å²) in [7, 11) is 0. The normalized spacial score (nSPS) is 12.3. The molecule has 1 aromatic rings. The molecule has 0 amide bonds. The molecule has 2 nitrogen and oxygen atoms in total.